The molecule has 2 unspecified atom stereocenters. The van der Waals surface area contributed by atoms with Gasteiger partial charge in [-0.05, 0) is 20.8 Å². The SMILES string of the molecule is CC(C)(C)OC(=O)N1CC(O)C(O)[C@H]1C(=O)O. The molecular formula is C10H17NO6. The Morgan fingerprint density at radius 1 is 1.29 bits per heavy atom. The van der Waals surface area contributed by atoms with Crippen molar-refractivity contribution in [2.45, 2.75) is 44.6 Å². The summed E-state index contributed by atoms with van der Waals surface area (Å²) in [7, 11) is 0. The average Bonchev–Trinajstić information content (AvgIpc) is 2.40. The van der Waals surface area contributed by atoms with Gasteiger partial charge in [0.1, 0.15) is 17.8 Å². The highest BCUT2D eigenvalue weighted by molar-refractivity contribution is 5.81. The van der Waals surface area contributed by atoms with E-state index in [0.29, 0.717) is 0 Å². The molecule has 1 fully saturated rings. The molecule has 1 aliphatic heterocycles. The van der Waals surface area contributed by atoms with E-state index in [2.05, 4.69) is 0 Å². The van der Waals surface area contributed by atoms with Crippen LogP contribution in [0.2, 0.25) is 0 Å². The van der Waals surface area contributed by atoms with Crippen molar-refractivity contribution in [1.29, 1.82) is 0 Å². The van der Waals surface area contributed by atoms with Crippen LogP contribution in [0.1, 0.15) is 20.8 Å². The number of aliphatic hydroxyl groups is 2. The molecule has 17 heavy (non-hydrogen) atoms. The van der Waals surface area contributed by atoms with Crippen LogP contribution in [0.5, 0.6) is 0 Å². The van der Waals surface area contributed by atoms with Gasteiger partial charge in [0.05, 0.1) is 6.54 Å². The highest BCUT2D eigenvalue weighted by Crippen LogP contribution is 2.22. The Morgan fingerprint density at radius 2 is 1.82 bits per heavy atom. The molecule has 0 aromatic carbocycles. The Labute approximate surface area is 98.6 Å². The van der Waals surface area contributed by atoms with Gasteiger partial charge in [-0.1, -0.05) is 0 Å². The van der Waals surface area contributed by atoms with Gasteiger partial charge in [0.2, 0.25) is 0 Å². The molecule has 1 aliphatic rings. The standard InChI is InChI=1S/C10H17NO6/c1-10(2,3)17-9(16)11-4-5(12)7(13)6(11)8(14)15/h5-7,12-13H,4H2,1-3H3,(H,14,15)/t5?,6-,7?/m0/s1. The number of rotatable bonds is 1. The second kappa shape index (κ2) is 4.50. The summed E-state index contributed by atoms with van der Waals surface area (Å²) in [4.78, 5) is 23.4. The van der Waals surface area contributed by atoms with Crippen molar-refractivity contribution < 1.29 is 29.6 Å². The zero-order valence-corrected chi connectivity index (χ0v) is 9.95. The number of β-amino-alcohol motifs (C(OH)–C–C–N with tert-alkyl or cyclic N) is 1. The van der Waals surface area contributed by atoms with E-state index in [1.807, 2.05) is 0 Å². The summed E-state index contributed by atoms with van der Waals surface area (Å²) in [5.74, 6) is -1.38. The lowest BCUT2D eigenvalue weighted by molar-refractivity contribution is -0.145. The Kier molecular flexibility index (Phi) is 3.63. The monoisotopic (exact) mass is 247 g/mol. The van der Waals surface area contributed by atoms with E-state index in [-0.39, 0.29) is 6.54 Å². The number of carbonyl (C=O) groups is 2. The zero-order chi connectivity index (χ0) is 13.4. The first-order chi connectivity index (χ1) is 7.63. The predicted octanol–water partition coefficient (Wildman–Crippen LogP) is -0.588. The van der Waals surface area contributed by atoms with Gasteiger partial charge in [0.15, 0.2) is 6.04 Å². The normalized spacial score (nSPS) is 29.2. The zero-order valence-electron chi connectivity index (χ0n) is 9.95. The molecule has 0 bridgehead atoms. The molecule has 0 spiro atoms. The van der Waals surface area contributed by atoms with Crippen LogP contribution >= 0.6 is 0 Å². The summed E-state index contributed by atoms with van der Waals surface area (Å²) in [6.45, 7) is 4.67. The van der Waals surface area contributed by atoms with E-state index < -0.39 is 35.9 Å². The third-order valence-corrected chi connectivity index (χ3v) is 2.32. The molecule has 0 saturated carbocycles. The fraction of sp³-hybridized carbons (Fsp3) is 0.800. The van der Waals surface area contributed by atoms with Gasteiger partial charge in [-0.25, -0.2) is 9.59 Å². The molecule has 0 aromatic heterocycles. The fourth-order valence-electron chi connectivity index (χ4n) is 1.61. The maximum Gasteiger partial charge on any atom is 0.411 e. The number of carbonyl (C=O) groups excluding carboxylic acids is 1. The molecule has 0 aromatic rings. The molecule has 3 N–H and O–H groups in total. The fourth-order valence-corrected chi connectivity index (χ4v) is 1.61. The lowest BCUT2D eigenvalue weighted by atomic mass is 10.1. The lowest BCUT2D eigenvalue weighted by Gasteiger charge is -2.27. The molecule has 0 radical (unpaired) electrons. The van der Waals surface area contributed by atoms with Crippen molar-refractivity contribution in [1.82, 2.24) is 4.90 Å². The Balaban J connectivity index is 2.82. The van der Waals surface area contributed by atoms with Gasteiger partial charge >= 0.3 is 12.1 Å². The minimum absolute atomic E-state index is 0.257. The Bertz CT molecular complexity index is 323. The van der Waals surface area contributed by atoms with Crippen LogP contribution in [0.3, 0.4) is 0 Å². The van der Waals surface area contributed by atoms with E-state index in [1.165, 1.54) is 0 Å². The number of nitrogens with zero attached hydrogens (tertiary/aromatic N) is 1. The first-order valence-corrected chi connectivity index (χ1v) is 5.22. The molecular weight excluding hydrogens is 230 g/mol. The molecule has 7 heteroatoms. The Morgan fingerprint density at radius 3 is 2.24 bits per heavy atom. The maximum atomic E-state index is 11.7. The van der Waals surface area contributed by atoms with Crippen molar-refractivity contribution in [3.63, 3.8) is 0 Å². The summed E-state index contributed by atoms with van der Waals surface area (Å²) in [5, 5.41) is 27.7. The molecule has 3 atom stereocenters. The number of likely N-dealkylation sites (tertiary alicyclic amines) is 1. The summed E-state index contributed by atoms with van der Waals surface area (Å²) in [6.07, 6.45) is -3.64. The van der Waals surface area contributed by atoms with Crippen LogP contribution in [0.15, 0.2) is 0 Å². The third kappa shape index (κ3) is 3.07. The topological polar surface area (TPSA) is 107 Å². The second-order valence-electron chi connectivity index (χ2n) is 4.97. The number of carboxylic acids is 1. The molecule has 1 rings (SSSR count). The van der Waals surface area contributed by atoms with Crippen molar-refractivity contribution in [3.05, 3.63) is 0 Å². The van der Waals surface area contributed by atoms with E-state index in [1.54, 1.807) is 20.8 Å². The molecule has 1 heterocycles. The van der Waals surface area contributed by atoms with Crippen molar-refractivity contribution in [2.75, 3.05) is 6.54 Å². The molecule has 7 nitrogen and oxygen atoms in total. The van der Waals surface area contributed by atoms with Gasteiger partial charge in [0.25, 0.3) is 0 Å². The quantitative estimate of drug-likeness (QED) is 0.572. The van der Waals surface area contributed by atoms with Gasteiger partial charge in [0, 0.05) is 0 Å². The van der Waals surface area contributed by atoms with Gasteiger partial charge in [-0.15, -0.1) is 0 Å². The summed E-state index contributed by atoms with van der Waals surface area (Å²) < 4.78 is 5.00. The number of hydrogen-bond donors (Lipinski definition) is 3. The highest BCUT2D eigenvalue weighted by Gasteiger charge is 2.48. The summed E-state index contributed by atoms with van der Waals surface area (Å²) in [5.41, 5.74) is -0.765. The van der Waals surface area contributed by atoms with Crippen LogP contribution in [0, 0.1) is 0 Å². The predicted molar refractivity (Wildman–Crippen MR) is 56.4 cm³/mol. The molecule has 1 saturated heterocycles. The number of aliphatic carboxylic acids is 1. The first kappa shape index (κ1) is 13.7. The van der Waals surface area contributed by atoms with Crippen molar-refractivity contribution >= 4 is 12.1 Å². The van der Waals surface area contributed by atoms with Gasteiger partial charge in [-0.3, -0.25) is 4.90 Å². The molecule has 98 valence electrons. The number of hydrogen-bond acceptors (Lipinski definition) is 5. The largest absolute Gasteiger partial charge is 0.480 e. The highest BCUT2D eigenvalue weighted by atomic mass is 16.6. The van der Waals surface area contributed by atoms with E-state index >= 15 is 0 Å². The smallest absolute Gasteiger partial charge is 0.411 e. The van der Waals surface area contributed by atoms with Gasteiger partial charge < -0.3 is 20.1 Å². The number of carboxylic acid groups (broad SMARTS) is 1. The average molecular weight is 247 g/mol. The first-order valence-electron chi connectivity index (χ1n) is 5.22. The molecule has 1 amide bonds. The maximum absolute atomic E-state index is 11.7. The number of aliphatic hydroxyl groups excluding tert-OH is 2. The van der Waals surface area contributed by atoms with E-state index in [9.17, 15) is 19.8 Å². The summed E-state index contributed by atoms with van der Waals surface area (Å²) >= 11 is 0. The van der Waals surface area contributed by atoms with Crippen molar-refractivity contribution in [3.8, 4) is 0 Å². The van der Waals surface area contributed by atoms with Crippen LogP contribution < -0.4 is 0 Å². The van der Waals surface area contributed by atoms with Crippen LogP contribution in [0.4, 0.5) is 4.79 Å². The van der Waals surface area contributed by atoms with E-state index in [0.717, 1.165) is 4.90 Å². The number of amides is 1. The number of ether oxygens (including phenoxy) is 1. The molecule has 0 aliphatic carbocycles. The van der Waals surface area contributed by atoms with Crippen molar-refractivity contribution in [2.24, 2.45) is 0 Å². The second-order valence-corrected chi connectivity index (χ2v) is 4.97. The van der Waals surface area contributed by atoms with Crippen LogP contribution in [-0.2, 0) is 9.53 Å². The van der Waals surface area contributed by atoms with Crippen LogP contribution in [0.25, 0.3) is 0 Å². The van der Waals surface area contributed by atoms with Gasteiger partial charge in [-0.2, -0.15) is 0 Å². The minimum atomic E-state index is -1.50. The third-order valence-electron chi connectivity index (χ3n) is 2.32. The Hall–Kier alpha value is -1.34. The summed E-state index contributed by atoms with van der Waals surface area (Å²) in [6, 6.07) is -1.47. The van der Waals surface area contributed by atoms with Crippen LogP contribution in [-0.4, -0.2) is 62.7 Å². The lowest BCUT2D eigenvalue weighted by Crippen LogP contribution is -2.47. The minimum Gasteiger partial charge on any atom is -0.480 e. The van der Waals surface area contributed by atoms with E-state index in [4.69, 9.17) is 9.84 Å².